The molecule has 310 valence electrons. The van der Waals surface area contributed by atoms with E-state index in [1.807, 2.05) is 18.2 Å². The zero-order chi connectivity index (χ0) is 41.3. The van der Waals surface area contributed by atoms with Crippen LogP contribution in [0, 0.1) is 24.7 Å². The maximum Gasteiger partial charge on any atom is 1.00 e. The number of hydrogen-bond donors (Lipinski definition) is 0. The van der Waals surface area contributed by atoms with Crippen molar-refractivity contribution in [3.05, 3.63) is 241 Å². The molecule has 1 aliphatic heterocycles. The largest absolute Gasteiger partial charge is 1.00 e. The second kappa shape index (κ2) is 22.2. The summed E-state index contributed by atoms with van der Waals surface area (Å²) < 4.78 is 0. The van der Waals surface area contributed by atoms with Gasteiger partial charge in [-0.3, -0.25) is 11.8 Å². The standard InChI is InChI=1S/C26H24P2.C16H13Si.C15H9.2Au/c1-5-13-23(14-6-1)27(24-15-7-2-8-16-24)21-22-28(25-17-9-3-10-18-25)26-19-11-4-12-20-26;1-4-12-9-10-16-14(11-12)13-7-5-6-8-15(13)17(16,2)3;1-2-11-7-8-13-10-12-5-3-4-6-14(12)15(13)9-11;;/h1-20H,21-22H2;5-11H,2-3H3;3-9H,10H2;;/q;2*-1;2*+1/p+2. The summed E-state index contributed by atoms with van der Waals surface area (Å²) in [5, 5.41) is 9.06. The van der Waals surface area contributed by atoms with Gasteiger partial charge in [0, 0.05) is 0 Å². The first kappa shape index (κ1) is 46.9. The molecule has 0 radical (unpaired) electrons. The molecular weight excluding hydrogens is 1170 g/mol. The fourth-order valence-electron chi connectivity index (χ4n) is 8.72. The Kier molecular flexibility index (Phi) is 16.8. The number of fused-ring (bicyclic) bond motifs is 6. The first-order valence-electron chi connectivity index (χ1n) is 20.7. The van der Waals surface area contributed by atoms with Gasteiger partial charge >= 0.3 is 44.8 Å². The predicted octanol–water partition coefficient (Wildman–Crippen LogP) is 10.3. The van der Waals surface area contributed by atoms with Crippen LogP contribution in [0.1, 0.15) is 22.3 Å². The molecule has 0 aromatic heterocycles. The third-order valence-electron chi connectivity index (χ3n) is 11.8. The van der Waals surface area contributed by atoms with Gasteiger partial charge in [-0.25, -0.2) is 0 Å². The van der Waals surface area contributed by atoms with Crippen LogP contribution in [0.4, 0.5) is 0 Å². The van der Waals surface area contributed by atoms with E-state index in [4.69, 9.17) is 12.8 Å². The van der Waals surface area contributed by atoms with E-state index in [1.54, 1.807) is 0 Å². The van der Waals surface area contributed by atoms with Crippen LogP contribution in [0.5, 0.6) is 0 Å². The van der Waals surface area contributed by atoms with E-state index in [2.05, 4.69) is 213 Å². The van der Waals surface area contributed by atoms with Crippen molar-refractivity contribution >= 4 is 55.5 Å². The Morgan fingerprint density at radius 2 is 0.774 bits per heavy atom. The van der Waals surface area contributed by atoms with Gasteiger partial charge in [0.2, 0.25) is 0 Å². The molecular formula is C57H48Au2P2Si+2. The van der Waals surface area contributed by atoms with Gasteiger partial charge in [-0.2, -0.15) is 0 Å². The molecule has 2 aliphatic rings. The van der Waals surface area contributed by atoms with Crippen LogP contribution in [0.25, 0.3) is 22.3 Å². The van der Waals surface area contributed by atoms with E-state index >= 15 is 0 Å². The molecule has 0 N–H and O–H groups in total. The fourth-order valence-corrected chi connectivity index (χ4v) is 18.0. The summed E-state index contributed by atoms with van der Waals surface area (Å²) in [6.45, 7) is 4.79. The summed E-state index contributed by atoms with van der Waals surface area (Å²) in [5.41, 5.74) is 9.71. The molecule has 62 heavy (non-hydrogen) atoms. The second-order valence-corrected chi connectivity index (χ2v) is 25.4. The van der Waals surface area contributed by atoms with Gasteiger partial charge in [-0.05, 0) is 98.7 Å². The van der Waals surface area contributed by atoms with E-state index in [0.717, 1.165) is 17.5 Å². The third-order valence-corrected chi connectivity index (χ3v) is 21.5. The molecule has 0 spiro atoms. The van der Waals surface area contributed by atoms with Crippen LogP contribution in [-0.4, -0.2) is 20.4 Å². The van der Waals surface area contributed by atoms with Gasteiger partial charge in [0.15, 0.2) is 0 Å². The van der Waals surface area contributed by atoms with Gasteiger partial charge in [-0.1, -0.05) is 147 Å². The monoisotopic (exact) mass is 1220 g/mol. The zero-order valence-electron chi connectivity index (χ0n) is 34.9. The third kappa shape index (κ3) is 10.6. The molecule has 0 nitrogen and oxygen atoms in total. The van der Waals surface area contributed by atoms with Crippen molar-refractivity contribution in [1.82, 2.24) is 0 Å². The van der Waals surface area contributed by atoms with Gasteiger partial charge in [0.1, 0.15) is 20.4 Å². The van der Waals surface area contributed by atoms with Gasteiger partial charge in [0.05, 0.1) is 37.1 Å². The summed E-state index contributed by atoms with van der Waals surface area (Å²) in [6, 6.07) is 74.1. The summed E-state index contributed by atoms with van der Waals surface area (Å²) in [5.74, 6) is 4.92. The Bertz CT molecular complexity index is 2630. The van der Waals surface area contributed by atoms with Crippen LogP contribution < -0.4 is 31.6 Å². The zero-order valence-corrected chi connectivity index (χ0v) is 42.2. The quantitative estimate of drug-likeness (QED) is 0.0646. The van der Waals surface area contributed by atoms with Crippen LogP contribution in [0.15, 0.2) is 206 Å². The molecule has 0 unspecified atom stereocenters. The molecule has 1 aliphatic carbocycles. The summed E-state index contributed by atoms with van der Waals surface area (Å²) in [4.78, 5) is 0. The van der Waals surface area contributed by atoms with Crippen LogP contribution in [-0.2, 0) is 51.2 Å². The van der Waals surface area contributed by atoms with Crippen molar-refractivity contribution in [2.45, 2.75) is 19.5 Å². The summed E-state index contributed by atoms with van der Waals surface area (Å²) >= 11 is 0. The molecule has 0 saturated heterocycles. The van der Waals surface area contributed by atoms with Crippen LogP contribution in [0.2, 0.25) is 13.1 Å². The molecule has 5 heteroatoms. The van der Waals surface area contributed by atoms with Crippen molar-refractivity contribution in [2.75, 3.05) is 12.3 Å². The second-order valence-electron chi connectivity index (χ2n) is 15.8. The minimum absolute atomic E-state index is 0. The first-order chi connectivity index (χ1) is 29.4. The van der Waals surface area contributed by atoms with Crippen molar-refractivity contribution in [3.8, 4) is 34.1 Å². The first-order valence-corrected chi connectivity index (χ1v) is 27.1. The Hall–Kier alpha value is -4.56. The molecule has 8 aromatic rings. The van der Waals surface area contributed by atoms with E-state index in [0.29, 0.717) is 0 Å². The van der Waals surface area contributed by atoms with Crippen molar-refractivity contribution in [1.29, 1.82) is 0 Å². The molecule has 10 rings (SSSR count). The van der Waals surface area contributed by atoms with E-state index in [-0.39, 0.29) is 44.8 Å². The minimum Gasteiger partial charge on any atom is -0.366 e. The van der Waals surface area contributed by atoms with Gasteiger partial charge in [0.25, 0.3) is 0 Å². The molecule has 0 bridgehead atoms. The van der Waals surface area contributed by atoms with Gasteiger partial charge in [-0.15, -0.1) is 35.4 Å². The molecule has 8 aromatic carbocycles. The average Bonchev–Trinajstić information content (AvgIpc) is 3.80. The minimum atomic E-state index is -1.51. The maximum atomic E-state index is 7.25. The Labute approximate surface area is 404 Å². The predicted molar refractivity (Wildman–Crippen MR) is 266 cm³/mol. The van der Waals surface area contributed by atoms with Crippen molar-refractivity contribution < 1.29 is 44.8 Å². The molecule has 0 amide bonds. The maximum absolute atomic E-state index is 7.25. The van der Waals surface area contributed by atoms with Crippen LogP contribution in [0.3, 0.4) is 0 Å². The molecule has 1 heterocycles. The molecule has 0 fully saturated rings. The molecule has 0 atom stereocenters. The SMILES string of the molecule is [Au+].[Au+].[C-]#Cc1ccc2c(c1)-c1ccccc1C2.[C-]#Cc1ccc2c(c1)-c1ccccc1[Si]2(C)C.c1ccc([PH+](CC[PH+](c2ccccc2)c2ccccc2)c2ccccc2)cc1. The van der Waals surface area contributed by atoms with Crippen molar-refractivity contribution in [2.24, 2.45) is 0 Å². The Morgan fingerprint density at radius 3 is 1.26 bits per heavy atom. The Morgan fingerprint density at radius 1 is 0.403 bits per heavy atom. The smallest absolute Gasteiger partial charge is 0.366 e. The number of rotatable bonds is 7. The van der Waals surface area contributed by atoms with E-state index in [1.165, 1.54) is 77.3 Å². The molecule has 0 saturated carbocycles. The number of hydrogen-bond acceptors (Lipinski definition) is 0. The summed E-state index contributed by atoms with van der Waals surface area (Å²) in [7, 11) is -3.07. The van der Waals surface area contributed by atoms with Gasteiger partial charge < -0.3 is 12.8 Å². The fraction of sp³-hybridized carbons (Fsp3) is 0.0877. The van der Waals surface area contributed by atoms with Crippen LogP contribution >= 0.6 is 15.8 Å². The summed E-state index contributed by atoms with van der Waals surface area (Å²) in [6.07, 6.45) is 17.9. The van der Waals surface area contributed by atoms with E-state index < -0.39 is 23.9 Å². The topological polar surface area (TPSA) is 0 Å². The van der Waals surface area contributed by atoms with E-state index in [9.17, 15) is 0 Å². The average molecular weight is 1220 g/mol. The number of benzene rings is 8. The van der Waals surface area contributed by atoms with Crippen molar-refractivity contribution in [3.63, 3.8) is 0 Å². The normalized spacial score (nSPS) is 11.9. The Balaban J connectivity index is 0.000000162.